The van der Waals surface area contributed by atoms with E-state index in [1.165, 1.54) is 5.01 Å². The number of hydrogen-bond acceptors (Lipinski definition) is 2. The van der Waals surface area contributed by atoms with Crippen molar-refractivity contribution in [3.05, 3.63) is 69.3 Å². The largest absolute Gasteiger partial charge is 0.272 e. The molecule has 2 aromatic rings. The van der Waals surface area contributed by atoms with Crippen molar-refractivity contribution in [2.24, 2.45) is 0 Å². The molecule has 0 fully saturated rings. The van der Waals surface area contributed by atoms with E-state index in [1.54, 1.807) is 36.4 Å². The summed E-state index contributed by atoms with van der Waals surface area (Å²) in [7, 11) is 0. The van der Waals surface area contributed by atoms with Gasteiger partial charge < -0.3 is 0 Å². The van der Waals surface area contributed by atoms with Gasteiger partial charge in [-0.1, -0.05) is 30.3 Å². The van der Waals surface area contributed by atoms with Crippen LogP contribution in [0.2, 0.25) is 0 Å². The van der Waals surface area contributed by atoms with Crippen molar-refractivity contribution in [2.45, 2.75) is 26.3 Å². The highest BCUT2D eigenvalue weighted by molar-refractivity contribution is 14.1. The van der Waals surface area contributed by atoms with Crippen LogP contribution in [0.3, 0.4) is 0 Å². The SMILES string of the molecule is CC(C)(C)N(NC(=O)c1ccccc1I)C(=O)c1ccccc1. The summed E-state index contributed by atoms with van der Waals surface area (Å²) in [6.45, 7) is 5.64. The Morgan fingerprint density at radius 3 is 2.09 bits per heavy atom. The van der Waals surface area contributed by atoms with Gasteiger partial charge >= 0.3 is 0 Å². The Balaban J connectivity index is 2.29. The second kappa shape index (κ2) is 7.12. The van der Waals surface area contributed by atoms with E-state index in [9.17, 15) is 9.59 Å². The fourth-order valence-electron chi connectivity index (χ4n) is 2.04. The predicted molar refractivity (Wildman–Crippen MR) is 99.0 cm³/mol. The van der Waals surface area contributed by atoms with Crippen molar-refractivity contribution in [3.63, 3.8) is 0 Å². The lowest BCUT2D eigenvalue weighted by atomic mass is 10.1. The van der Waals surface area contributed by atoms with E-state index in [0.29, 0.717) is 11.1 Å². The summed E-state index contributed by atoms with van der Waals surface area (Å²) in [4.78, 5) is 25.3. The van der Waals surface area contributed by atoms with Crippen molar-refractivity contribution >= 4 is 34.4 Å². The van der Waals surface area contributed by atoms with Gasteiger partial charge in [0.05, 0.1) is 11.1 Å². The zero-order valence-corrected chi connectivity index (χ0v) is 15.5. The number of halogens is 1. The minimum Gasteiger partial charge on any atom is -0.267 e. The molecule has 0 aliphatic rings. The molecule has 0 saturated heterocycles. The molecule has 2 rings (SSSR count). The molecule has 23 heavy (non-hydrogen) atoms. The first kappa shape index (κ1) is 17.5. The smallest absolute Gasteiger partial charge is 0.267 e. The highest BCUT2D eigenvalue weighted by atomic mass is 127. The van der Waals surface area contributed by atoms with Gasteiger partial charge in [-0.3, -0.25) is 15.0 Å². The molecular weight excluding hydrogens is 403 g/mol. The van der Waals surface area contributed by atoms with Crippen molar-refractivity contribution in [3.8, 4) is 0 Å². The van der Waals surface area contributed by atoms with Crippen LogP contribution in [0, 0.1) is 3.57 Å². The number of carbonyl (C=O) groups excluding carboxylic acids is 2. The topological polar surface area (TPSA) is 49.4 Å². The number of nitrogens with zero attached hydrogens (tertiary/aromatic N) is 1. The average molecular weight is 422 g/mol. The molecule has 0 radical (unpaired) electrons. The normalized spacial score (nSPS) is 11.0. The quantitative estimate of drug-likeness (QED) is 0.590. The summed E-state index contributed by atoms with van der Waals surface area (Å²) in [6, 6.07) is 16.2. The Bertz CT molecular complexity index is 708. The van der Waals surface area contributed by atoms with Crippen LogP contribution in [0.25, 0.3) is 0 Å². The third-order valence-corrected chi connectivity index (χ3v) is 4.17. The lowest BCUT2D eigenvalue weighted by molar-refractivity contribution is 0.0358. The zero-order valence-electron chi connectivity index (χ0n) is 13.3. The maximum Gasteiger partial charge on any atom is 0.272 e. The fourth-order valence-corrected chi connectivity index (χ4v) is 2.67. The second-order valence-electron chi connectivity index (χ2n) is 6.10. The van der Waals surface area contributed by atoms with Gasteiger partial charge in [0.2, 0.25) is 0 Å². The summed E-state index contributed by atoms with van der Waals surface area (Å²) in [5.41, 5.74) is 3.28. The second-order valence-corrected chi connectivity index (χ2v) is 7.26. The first-order valence-electron chi connectivity index (χ1n) is 7.26. The number of nitrogens with one attached hydrogen (secondary N) is 1. The minimum atomic E-state index is -0.553. The number of hydrazine groups is 1. The Hall–Kier alpha value is -1.89. The number of carbonyl (C=O) groups is 2. The number of amides is 2. The van der Waals surface area contributed by atoms with Crippen LogP contribution < -0.4 is 5.43 Å². The highest BCUT2D eigenvalue weighted by Crippen LogP contribution is 2.17. The number of hydrogen-bond donors (Lipinski definition) is 1. The maximum absolute atomic E-state index is 12.8. The average Bonchev–Trinajstić information content (AvgIpc) is 2.52. The molecule has 0 unspecified atom stereocenters. The van der Waals surface area contributed by atoms with E-state index >= 15 is 0 Å². The van der Waals surface area contributed by atoms with E-state index in [2.05, 4.69) is 28.0 Å². The maximum atomic E-state index is 12.8. The zero-order chi connectivity index (χ0) is 17.0. The minimum absolute atomic E-state index is 0.239. The van der Waals surface area contributed by atoms with Gasteiger partial charge in [-0.2, -0.15) is 0 Å². The van der Waals surface area contributed by atoms with E-state index in [4.69, 9.17) is 0 Å². The molecule has 5 heteroatoms. The van der Waals surface area contributed by atoms with Crippen molar-refractivity contribution in [1.82, 2.24) is 10.4 Å². The predicted octanol–water partition coefficient (Wildman–Crippen LogP) is 3.88. The van der Waals surface area contributed by atoms with Crippen LogP contribution in [0.5, 0.6) is 0 Å². The van der Waals surface area contributed by atoms with Gasteiger partial charge in [0, 0.05) is 9.13 Å². The standard InChI is InChI=1S/C18H19IN2O2/c1-18(2,3)21(17(23)13-9-5-4-6-10-13)20-16(22)14-11-7-8-12-15(14)19/h4-12H,1-3H3,(H,20,22). The van der Waals surface area contributed by atoms with Gasteiger partial charge in [0.15, 0.2) is 0 Å². The van der Waals surface area contributed by atoms with E-state index in [-0.39, 0.29) is 11.8 Å². The van der Waals surface area contributed by atoms with E-state index < -0.39 is 5.54 Å². The van der Waals surface area contributed by atoms with Crippen LogP contribution in [0.15, 0.2) is 54.6 Å². The van der Waals surface area contributed by atoms with Crippen molar-refractivity contribution in [1.29, 1.82) is 0 Å². The Labute approximate surface area is 150 Å². The van der Waals surface area contributed by atoms with Crippen LogP contribution in [-0.4, -0.2) is 22.4 Å². The molecule has 2 aromatic carbocycles. The molecule has 2 amide bonds. The third kappa shape index (κ3) is 4.31. The number of rotatable bonds is 2. The van der Waals surface area contributed by atoms with Gasteiger partial charge in [0.1, 0.15) is 0 Å². The first-order chi connectivity index (χ1) is 10.8. The molecular formula is C18H19IN2O2. The van der Waals surface area contributed by atoms with Gasteiger partial charge in [-0.05, 0) is 67.6 Å². The molecule has 0 aromatic heterocycles. The fraction of sp³-hybridized carbons (Fsp3) is 0.222. The first-order valence-corrected chi connectivity index (χ1v) is 8.33. The highest BCUT2D eigenvalue weighted by Gasteiger charge is 2.29. The Kier molecular flexibility index (Phi) is 5.41. The van der Waals surface area contributed by atoms with E-state index in [0.717, 1.165) is 3.57 Å². The Morgan fingerprint density at radius 1 is 0.957 bits per heavy atom. The van der Waals surface area contributed by atoms with Crippen molar-refractivity contribution < 1.29 is 9.59 Å². The molecule has 0 spiro atoms. The van der Waals surface area contributed by atoms with Crippen LogP contribution in [0.1, 0.15) is 41.5 Å². The molecule has 0 aliphatic carbocycles. The lowest BCUT2D eigenvalue weighted by Gasteiger charge is -2.35. The monoisotopic (exact) mass is 422 g/mol. The van der Waals surface area contributed by atoms with Crippen LogP contribution in [0.4, 0.5) is 0 Å². The molecule has 0 aliphatic heterocycles. The summed E-state index contributed by atoms with van der Waals surface area (Å²) in [5.74, 6) is -0.536. The van der Waals surface area contributed by atoms with Crippen molar-refractivity contribution in [2.75, 3.05) is 0 Å². The molecule has 120 valence electrons. The molecule has 0 saturated carbocycles. The summed E-state index contributed by atoms with van der Waals surface area (Å²) < 4.78 is 0.837. The molecule has 4 nitrogen and oxygen atoms in total. The lowest BCUT2D eigenvalue weighted by Crippen LogP contribution is -2.56. The Morgan fingerprint density at radius 2 is 1.52 bits per heavy atom. The molecule has 0 atom stereocenters. The summed E-state index contributed by atoms with van der Waals surface area (Å²) in [5, 5.41) is 1.38. The van der Waals surface area contributed by atoms with Crippen LogP contribution >= 0.6 is 22.6 Å². The summed E-state index contributed by atoms with van der Waals surface area (Å²) in [6.07, 6.45) is 0. The molecule has 0 bridgehead atoms. The molecule has 1 N–H and O–H groups in total. The third-order valence-electron chi connectivity index (χ3n) is 3.23. The van der Waals surface area contributed by atoms with E-state index in [1.807, 2.05) is 39.0 Å². The van der Waals surface area contributed by atoms with Gasteiger partial charge in [-0.25, -0.2) is 5.01 Å². The number of benzene rings is 2. The molecule has 0 heterocycles. The summed E-state index contributed by atoms with van der Waals surface area (Å²) >= 11 is 2.11. The van der Waals surface area contributed by atoms with Gasteiger partial charge in [0.25, 0.3) is 11.8 Å². The van der Waals surface area contributed by atoms with Gasteiger partial charge in [-0.15, -0.1) is 0 Å². The van der Waals surface area contributed by atoms with Crippen LogP contribution in [-0.2, 0) is 0 Å².